The highest BCUT2D eigenvalue weighted by Crippen LogP contribution is 2.19. The monoisotopic (exact) mass is 190 g/mol. The van der Waals surface area contributed by atoms with E-state index < -0.39 is 0 Å². The molecule has 1 nitrogen and oxygen atoms in total. The fourth-order valence-corrected chi connectivity index (χ4v) is 1.42. The Balaban J connectivity index is 3.03. The molecule has 0 spiro atoms. The molecule has 1 aliphatic carbocycles. The van der Waals surface area contributed by atoms with Gasteiger partial charge in [0.05, 0.1) is 5.76 Å². The lowest BCUT2D eigenvalue weighted by Crippen LogP contribution is -1.95. The zero-order valence-corrected chi connectivity index (χ0v) is 9.12. The predicted molar refractivity (Wildman–Crippen MR) is 61.1 cm³/mol. The molecule has 1 rings (SSSR count). The molecular weight excluding hydrogens is 172 g/mol. The zero-order chi connectivity index (χ0) is 10.6. The van der Waals surface area contributed by atoms with Gasteiger partial charge in [0.25, 0.3) is 0 Å². The lowest BCUT2D eigenvalue weighted by Gasteiger charge is -2.10. The molecule has 0 bridgehead atoms. The van der Waals surface area contributed by atoms with Crippen LogP contribution in [0.3, 0.4) is 0 Å². The van der Waals surface area contributed by atoms with Gasteiger partial charge in [0.15, 0.2) is 0 Å². The summed E-state index contributed by atoms with van der Waals surface area (Å²) in [7, 11) is 0. The average Bonchev–Trinajstić information content (AvgIpc) is 2.14. The van der Waals surface area contributed by atoms with E-state index >= 15 is 0 Å². The number of aliphatic hydroxyl groups excluding tert-OH is 1. The first kappa shape index (κ1) is 10.8. The average molecular weight is 190 g/mol. The van der Waals surface area contributed by atoms with Crippen molar-refractivity contribution in [3.05, 3.63) is 47.3 Å². The highest BCUT2D eigenvalue weighted by molar-refractivity contribution is 5.29. The van der Waals surface area contributed by atoms with E-state index in [1.54, 1.807) is 0 Å². The largest absolute Gasteiger partial charge is 0.512 e. The van der Waals surface area contributed by atoms with Crippen molar-refractivity contribution in [1.82, 2.24) is 0 Å². The van der Waals surface area contributed by atoms with E-state index in [4.69, 9.17) is 0 Å². The van der Waals surface area contributed by atoms with Crippen molar-refractivity contribution in [1.29, 1.82) is 0 Å². The molecule has 0 amide bonds. The van der Waals surface area contributed by atoms with Gasteiger partial charge in [0.1, 0.15) is 0 Å². The molecule has 1 atom stereocenters. The smallest absolute Gasteiger partial charge is 0.0962 e. The van der Waals surface area contributed by atoms with Crippen LogP contribution in [0, 0.1) is 5.92 Å². The summed E-state index contributed by atoms with van der Waals surface area (Å²) >= 11 is 0. The highest BCUT2D eigenvalue weighted by Gasteiger charge is 2.03. The first-order chi connectivity index (χ1) is 6.61. The minimum Gasteiger partial charge on any atom is -0.512 e. The second-order valence-corrected chi connectivity index (χ2v) is 3.81. The van der Waals surface area contributed by atoms with E-state index in [1.165, 1.54) is 5.57 Å². The molecule has 1 aliphatic rings. The molecule has 0 aliphatic heterocycles. The summed E-state index contributed by atoms with van der Waals surface area (Å²) in [5.74, 6) is 0.863. The van der Waals surface area contributed by atoms with Gasteiger partial charge in [0.2, 0.25) is 0 Å². The first-order valence-electron chi connectivity index (χ1n) is 5.01. The van der Waals surface area contributed by atoms with Crippen LogP contribution in [-0.4, -0.2) is 5.11 Å². The molecule has 0 saturated carbocycles. The van der Waals surface area contributed by atoms with Gasteiger partial charge in [-0.2, -0.15) is 0 Å². The zero-order valence-electron chi connectivity index (χ0n) is 9.12. The summed E-state index contributed by atoms with van der Waals surface area (Å²) in [6.07, 6.45) is 10.6. The second-order valence-electron chi connectivity index (χ2n) is 3.81. The maximum Gasteiger partial charge on any atom is 0.0962 e. The number of allylic oxidation sites excluding steroid dienone is 7. The van der Waals surface area contributed by atoms with Crippen LogP contribution < -0.4 is 0 Å². The molecule has 0 aromatic heterocycles. The Morgan fingerprint density at radius 2 is 2.00 bits per heavy atom. The number of rotatable bonds is 0. The molecule has 0 radical (unpaired) electrons. The Morgan fingerprint density at radius 1 is 1.29 bits per heavy atom. The molecule has 1 N–H and O–H groups in total. The fourth-order valence-electron chi connectivity index (χ4n) is 1.42. The highest BCUT2D eigenvalue weighted by atomic mass is 16.3. The van der Waals surface area contributed by atoms with Gasteiger partial charge in [-0.05, 0) is 31.4 Å². The van der Waals surface area contributed by atoms with Crippen molar-refractivity contribution in [3.8, 4) is 0 Å². The molecule has 0 aromatic carbocycles. The molecule has 1 heteroatoms. The molecule has 1 unspecified atom stereocenters. The van der Waals surface area contributed by atoms with Gasteiger partial charge in [0, 0.05) is 6.42 Å². The van der Waals surface area contributed by atoms with Gasteiger partial charge in [-0.1, -0.05) is 36.8 Å². The van der Waals surface area contributed by atoms with Crippen LogP contribution in [-0.2, 0) is 0 Å². The van der Waals surface area contributed by atoms with Crippen LogP contribution in [0.15, 0.2) is 47.3 Å². The van der Waals surface area contributed by atoms with E-state index in [0.29, 0.717) is 18.1 Å². The lowest BCUT2D eigenvalue weighted by atomic mass is 9.96. The van der Waals surface area contributed by atoms with Crippen LogP contribution in [0.5, 0.6) is 0 Å². The maximum absolute atomic E-state index is 9.56. The van der Waals surface area contributed by atoms with Crippen molar-refractivity contribution in [3.63, 3.8) is 0 Å². The molecule has 0 saturated heterocycles. The maximum atomic E-state index is 9.56. The van der Waals surface area contributed by atoms with Crippen molar-refractivity contribution < 1.29 is 5.11 Å². The third-order valence-corrected chi connectivity index (χ3v) is 2.66. The summed E-state index contributed by atoms with van der Waals surface area (Å²) in [5.41, 5.74) is 2.47. The standard InChI is InChI=1S/C13H18O/c1-10-7-5-4-6-8-13(14)9-11(2)12(10)3/h4-7,9-10,14H,8H2,1-3H3/b6-4-,7-5-,12-11-,13-9+. The SMILES string of the molecule is CC1=C(\C)C(C)/C=C\C=C/C/C(O)=C\1. The van der Waals surface area contributed by atoms with E-state index in [-0.39, 0.29) is 0 Å². The minimum atomic E-state index is 0.431. The topological polar surface area (TPSA) is 20.2 Å². The van der Waals surface area contributed by atoms with Crippen molar-refractivity contribution in [2.75, 3.05) is 0 Å². The van der Waals surface area contributed by atoms with E-state index in [2.05, 4.69) is 19.9 Å². The van der Waals surface area contributed by atoms with Gasteiger partial charge >= 0.3 is 0 Å². The van der Waals surface area contributed by atoms with Crippen LogP contribution in [0.4, 0.5) is 0 Å². The fraction of sp³-hybridized carbons (Fsp3) is 0.385. The Bertz CT molecular complexity index is 316. The Labute approximate surface area is 86.1 Å². The second kappa shape index (κ2) is 4.85. The van der Waals surface area contributed by atoms with Gasteiger partial charge in [-0.3, -0.25) is 0 Å². The third kappa shape index (κ3) is 2.91. The Hall–Kier alpha value is -1.24. The molecule has 14 heavy (non-hydrogen) atoms. The molecule has 76 valence electrons. The minimum absolute atomic E-state index is 0.431. The number of aliphatic hydroxyl groups is 1. The van der Waals surface area contributed by atoms with Crippen LogP contribution in [0.25, 0.3) is 0 Å². The molecule has 0 aromatic rings. The number of hydrogen-bond donors (Lipinski definition) is 1. The summed E-state index contributed by atoms with van der Waals surface area (Å²) in [6.45, 7) is 6.32. The van der Waals surface area contributed by atoms with Crippen molar-refractivity contribution in [2.24, 2.45) is 5.92 Å². The van der Waals surface area contributed by atoms with Gasteiger partial charge in [-0.25, -0.2) is 0 Å². The Morgan fingerprint density at radius 3 is 2.71 bits per heavy atom. The summed E-state index contributed by atoms with van der Waals surface area (Å²) in [6, 6.07) is 0. The number of hydrogen-bond acceptors (Lipinski definition) is 1. The molecule has 0 fully saturated rings. The van der Waals surface area contributed by atoms with E-state index in [0.717, 1.165) is 5.57 Å². The normalized spacial score (nSPS) is 37.1. The predicted octanol–water partition coefficient (Wildman–Crippen LogP) is 3.92. The third-order valence-electron chi connectivity index (χ3n) is 2.66. The first-order valence-corrected chi connectivity index (χ1v) is 5.01. The van der Waals surface area contributed by atoms with Gasteiger partial charge < -0.3 is 5.11 Å². The van der Waals surface area contributed by atoms with E-state index in [1.807, 2.05) is 31.2 Å². The van der Waals surface area contributed by atoms with Gasteiger partial charge in [-0.15, -0.1) is 0 Å². The quantitative estimate of drug-likeness (QED) is 0.614. The van der Waals surface area contributed by atoms with Crippen molar-refractivity contribution in [2.45, 2.75) is 27.2 Å². The lowest BCUT2D eigenvalue weighted by molar-refractivity contribution is 0.400. The Kier molecular flexibility index (Phi) is 3.75. The van der Waals surface area contributed by atoms with Crippen LogP contribution >= 0.6 is 0 Å². The van der Waals surface area contributed by atoms with Crippen LogP contribution in [0.1, 0.15) is 27.2 Å². The summed E-state index contributed by atoms with van der Waals surface area (Å²) < 4.78 is 0. The summed E-state index contributed by atoms with van der Waals surface area (Å²) in [5, 5.41) is 9.56. The molecular formula is C13H18O. The van der Waals surface area contributed by atoms with Crippen LogP contribution in [0.2, 0.25) is 0 Å². The summed E-state index contributed by atoms with van der Waals surface area (Å²) in [4.78, 5) is 0. The molecule has 0 heterocycles. The van der Waals surface area contributed by atoms with Crippen molar-refractivity contribution >= 4 is 0 Å². The van der Waals surface area contributed by atoms with E-state index in [9.17, 15) is 5.11 Å².